The average Bonchev–Trinajstić information content (AvgIpc) is 3.01. The number of benzene rings is 1. The number of pyridine rings is 1. The quantitative estimate of drug-likeness (QED) is 0.678. The van der Waals surface area contributed by atoms with Crippen LogP contribution in [0.25, 0.3) is 0 Å². The lowest BCUT2D eigenvalue weighted by Crippen LogP contribution is -2.35. The van der Waals surface area contributed by atoms with Gasteiger partial charge in [-0.2, -0.15) is 17.9 Å². The second kappa shape index (κ2) is 6.98. The minimum Gasteiger partial charge on any atom is -0.618 e. The van der Waals surface area contributed by atoms with E-state index < -0.39 is 11.7 Å². The van der Waals surface area contributed by atoms with Crippen molar-refractivity contribution in [2.24, 2.45) is 4.99 Å². The van der Waals surface area contributed by atoms with Gasteiger partial charge >= 0.3 is 6.18 Å². The summed E-state index contributed by atoms with van der Waals surface area (Å²) in [5.74, 6) is 0.171. The van der Waals surface area contributed by atoms with Gasteiger partial charge in [0.05, 0.1) is 17.8 Å². The third-order valence-corrected chi connectivity index (χ3v) is 3.54. The van der Waals surface area contributed by atoms with Crippen LogP contribution in [0.3, 0.4) is 0 Å². The number of rotatable bonds is 4. The van der Waals surface area contributed by atoms with Crippen molar-refractivity contribution >= 4 is 11.6 Å². The Labute approximate surface area is 141 Å². The van der Waals surface area contributed by atoms with E-state index in [1.54, 1.807) is 18.2 Å². The molecule has 0 spiro atoms. The number of hydrogen-bond acceptors (Lipinski definition) is 3. The third kappa shape index (κ3) is 4.00. The lowest BCUT2D eigenvalue weighted by molar-refractivity contribution is -0.617. The van der Waals surface area contributed by atoms with E-state index in [0.29, 0.717) is 23.5 Å². The van der Waals surface area contributed by atoms with E-state index in [0.717, 1.165) is 6.07 Å². The van der Waals surface area contributed by atoms with Crippen LogP contribution in [0.2, 0.25) is 0 Å². The Balaban J connectivity index is 1.78. The van der Waals surface area contributed by atoms with Gasteiger partial charge in [0.25, 0.3) is 0 Å². The van der Waals surface area contributed by atoms with Crippen LogP contribution in [-0.4, -0.2) is 24.1 Å². The highest BCUT2D eigenvalue weighted by Crippen LogP contribution is 2.36. The summed E-state index contributed by atoms with van der Waals surface area (Å²) in [7, 11) is 0. The maximum Gasteiger partial charge on any atom is 0.418 e. The summed E-state index contributed by atoms with van der Waals surface area (Å²) in [4.78, 5) is 9.56. The van der Waals surface area contributed by atoms with E-state index in [1.165, 1.54) is 29.5 Å². The van der Waals surface area contributed by atoms with Crippen molar-refractivity contribution in [1.82, 2.24) is 10.4 Å². The van der Waals surface area contributed by atoms with E-state index >= 15 is 0 Å². The van der Waals surface area contributed by atoms with E-state index in [1.807, 2.05) is 0 Å². The molecule has 1 aliphatic heterocycles. The monoisotopic (exact) mass is 352 g/mol. The molecule has 1 saturated heterocycles. The summed E-state index contributed by atoms with van der Waals surface area (Å²) < 4.78 is 39.8. The number of nitrogens with one attached hydrogen (secondary N) is 1. The molecule has 3 rings (SSSR count). The second-order valence-electron chi connectivity index (χ2n) is 5.27. The highest BCUT2D eigenvalue weighted by molar-refractivity contribution is 5.84. The Kier molecular flexibility index (Phi) is 4.75. The summed E-state index contributed by atoms with van der Waals surface area (Å²) in [6.07, 6.45) is -3.15. The van der Waals surface area contributed by atoms with Crippen LogP contribution < -0.4 is 10.0 Å². The zero-order chi connectivity index (χ0) is 17.9. The molecule has 9 heteroatoms. The smallest absolute Gasteiger partial charge is 0.418 e. The van der Waals surface area contributed by atoms with E-state index in [9.17, 15) is 18.4 Å². The Morgan fingerprint density at radius 2 is 1.96 bits per heavy atom. The summed E-state index contributed by atoms with van der Waals surface area (Å²) in [5.41, 5.74) is -0.646. The first kappa shape index (κ1) is 17.0. The van der Waals surface area contributed by atoms with Gasteiger partial charge in [0.1, 0.15) is 0 Å². The van der Waals surface area contributed by atoms with Gasteiger partial charge in [-0.3, -0.25) is 4.84 Å². The number of nitrogens with zero attached hydrogens (tertiary/aromatic N) is 3. The van der Waals surface area contributed by atoms with Crippen molar-refractivity contribution in [3.8, 4) is 0 Å². The second-order valence-corrected chi connectivity index (χ2v) is 5.27. The molecule has 1 aliphatic rings. The first-order valence-electron chi connectivity index (χ1n) is 7.51. The lowest BCUT2D eigenvalue weighted by atomic mass is 10.2. The average molecular weight is 352 g/mol. The topological polar surface area (TPSA) is 63.8 Å². The molecular formula is C16H15F3N4O2. The van der Waals surface area contributed by atoms with Gasteiger partial charge in [-0.25, -0.2) is 10.1 Å². The van der Waals surface area contributed by atoms with Crippen molar-refractivity contribution in [3.05, 3.63) is 65.1 Å². The van der Waals surface area contributed by atoms with Gasteiger partial charge in [-0.15, -0.1) is 0 Å². The van der Waals surface area contributed by atoms with E-state index in [2.05, 4.69) is 10.3 Å². The van der Waals surface area contributed by atoms with Gasteiger partial charge in [0.15, 0.2) is 12.8 Å². The Bertz CT molecular complexity index is 780. The molecule has 2 heterocycles. The molecule has 0 unspecified atom stereocenters. The molecule has 25 heavy (non-hydrogen) atoms. The molecule has 6 nitrogen and oxygen atoms in total. The third-order valence-electron chi connectivity index (χ3n) is 3.54. The fourth-order valence-corrected chi connectivity index (χ4v) is 2.33. The van der Waals surface area contributed by atoms with Crippen LogP contribution in [-0.2, 0) is 17.6 Å². The molecule has 0 atom stereocenters. The Morgan fingerprint density at radius 1 is 1.20 bits per heavy atom. The first-order chi connectivity index (χ1) is 11.9. The van der Waals surface area contributed by atoms with Crippen molar-refractivity contribution in [2.75, 3.05) is 13.1 Å². The number of hydroxylamine groups is 2. The molecule has 1 aromatic carbocycles. The standard InChI is InChI=1S/C16H15F3N4O2/c17-16(18,19)13-6-1-2-7-14(13)21-15-20-8-10-23(15)25-11-12-5-3-4-9-22(12)24/h1-7,9H,8,10-11H2,(H,20,21). The number of hydrogen-bond donors (Lipinski definition) is 1. The molecule has 0 saturated carbocycles. The number of aliphatic imine (C=N–C) groups is 1. The lowest BCUT2D eigenvalue weighted by Gasteiger charge is -2.17. The maximum absolute atomic E-state index is 13.1. The molecule has 132 valence electrons. The number of guanidine groups is 1. The fourth-order valence-electron chi connectivity index (χ4n) is 2.33. The number of para-hydroxylation sites is 1. The van der Waals surface area contributed by atoms with Gasteiger partial charge in [-0.1, -0.05) is 12.1 Å². The van der Waals surface area contributed by atoms with E-state index in [-0.39, 0.29) is 18.3 Å². The molecule has 0 radical (unpaired) electrons. The van der Waals surface area contributed by atoms with Gasteiger partial charge < -0.3 is 10.5 Å². The summed E-state index contributed by atoms with van der Waals surface area (Å²) in [6, 6.07) is 9.95. The molecule has 0 aliphatic carbocycles. The predicted octanol–water partition coefficient (Wildman–Crippen LogP) is 2.36. The molecule has 0 amide bonds. The zero-order valence-electron chi connectivity index (χ0n) is 13.0. The van der Waals surface area contributed by atoms with Gasteiger partial charge in [0.2, 0.25) is 11.7 Å². The normalized spacial score (nSPS) is 16.3. The largest absolute Gasteiger partial charge is 0.618 e. The van der Waals surface area contributed by atoms with Crippen molar-refractivity contribution in [1.29, 1.82) is 0 Å². The molecular weight excluding hydrogens is 337 g/mol. The molecule has 1 aromatic heterocycles. The summed E-state index contributed by atoms with van der Waals surface area (Å²) in [5, 5.41) is 15.8. The molecule has 1 N–H and O–H groups in total. The van der Waals surface area contributed by atoms with Crippen LogP contribution in [0.1, 0.15) is 11.3 Å². The van der Waals surface area contributed by atoms with Crippen molar-refractivity contribution in [3.63, 3.8) is 0 Å². The van der Waals surface area contributed by atoms with Crippen LogP contribution >= 0.6 is 0 Å². The summed E-state index contributed by atoms with van der Waals surface area (Å²) in [6.45, 7) is 0.851. The van der Waals surface area contributed by atoms with Crippen molar-refractivity contribution < 1.29 is 22.7 Å². The van der Waals surface area contributed by atoms with Gasteiger partial charge in [0, 0.05) is 18.7 Å². The van der Waals surface area contributed by atoms with Crippen LogP contribution in [0, 0.1) is 5.21 Å². The van der Waals surface area contributed by atoms with Gasteiger partial charge in [-0.05, 0) is 18.2 Å². The van der Waals surface area contributed by atoms with E-state index in [4.69, 9.17) is 4.84 Å². The minimum absolute atomic E-state index is 0.0219. The van der Waals surface area contributed by atoms with Crippen molar-refractivity contribution in [2.45, 2.75) is 12.8 Å². The molecule has 1 fully saturated rings. The summed E-state index contributed by atoms with van der Waals surface area (Å²) >= 11 is 0. The SMILES string of the molecule is [O-][n+]1ccccc1CON1CCN/C1=N\c1ccccc1C(F)(F)F. The number of aromatic nitrogens is 1. The Hall–Kier alpha value is -2.81. The van der Waals surface area contributed by atoms with Crippen LogP contribution in [0.4, 0.5) is 18.9 Å². The molecule has 2 aromatic rings. The Morgan fingerprint density at radius 3 is 2.72 bits per heavy atom. The highest BCUT2D eigenvalue weighted by Gasteiger charge is 2.33. The number of halogens is 3. The zero-order valence-corrected chi connectivity index (χ0v) is 13.0. The number of alkyl halides is 3. The predicted molar refractivity (Wildman–Crippen MR) is 83.4 cm³/mol. The molecule has 0 bridgehead atoms. The minimum atomic E-state index is -4.50. The van der Waals surface area contributed by atoms with Crippen LogP contribution in [0.5, 0.6) is 0 Å². The highest BCUT2D eigenvalue weighted by atomic mass is 19.4. The maximum atomic E-state index is 13.1. The van der Waals surface area contributed by atoms with Crippen LogP contribution in [0.15, 0.2) is 53.7 Å². The fraction of sp³-hybridized carbons (Fsp3) is 0.250. The first-order valence-corrected chi connectivity index (χ1v) is 7.51.